The third kappa shape index (κ3) is 2.36. The van der Waals surface area contributed by atoms with E-state index < -0.39 is 0 Å². The fourth-order valence-electron chi connectivity index (χ4n) is 1.20. The maximum atomic E-state index is 8.87. The van der Waals surface area contributed by atoms with Gasteiger partial charge >= 0.3 is 6.01 Å². The summed E-state index contributed by atoms with van der Waals surface area (Å²) in [4.78, 5) is 7.72. The van der Waals surface area contributed by atoms with Crippen LogP contribution in [0.15, 0.2) is 36.5 Å². The number of hydrogen-bond donors (Lipinski definition) is 0. The fourth-order valence-corrected chi connectivity index (χ4v) is 1.20. The molecule has 0 saturated carbocycles. The van der Waals surface area contributed by atoms with Crippen LogP contribution in [0.25, 0.3) is 0 Å². The van der Waals surface area contributed by atoms with Crippen molar-refractivity contribution >= 4 is 0 Å². The molecular formula is C12H6N4O. The number of hydrogen-bond acceptors (Lipinski definition) is 5. The van der Waals surface area contributed by atoms with Crippen LogP contribution in [0.1, 0.15) is 11.3 Å². The molecule has 0 saturated heterocycles. The zero-order valence-corrected chi connectivity index (χ0v) is 8.66. The Labute approximate surface area is 97.6 Å². The number of ether oxygens (including phenoxy) is 1. The van der Waals surface area contributed by atoms with E-state index in [-0.39, 0.29) is 11.7 Å². The summed E-state index contributed by atoms with van der Waals surface area (Å²) in [5, 5.41) is 17.6. The Hall–Kier alpha value is -2.92. The van der Waals surface area contributed by atoms with Crippen molar-refractivity contribution in [3.8, 4) is 23.9 Å². The second-order valence-corrected chi connectivity index (χ2v) is 3.05. The molecule has 0 unspecified atom stereocenters. The molecular weight excluding hydrogens is 216 g/mol. The van der Waals surface area contributed by atoms with Crippen molar-refractivity contribution in [3.05, 3.63) is 47.8 Å². The van der Waals surface area contributed by atoms with Crippen LogP contribution in [-0.2, 0) is 0 Å². The zero-order valence-electron chi connectivity index (χ0n) is 8.66. The number of para-hydroxylation sites is 1. The lowest BCUT2D eigenvalue weighted by Gasteiger charge is -2.04. The Morgan fingerprint density at radius 3 is 2.65 bits per heavy atom. The van der Waals surface area contributed by atoms with Crippen molar-refractivity contribution in [1.82, 2.24) is 9.97 Å². The molecule has 0 spiro atoms. The van der Waals surface area contributed by atoms with Gasteiger partial charge in [-0.3, -0.25) is 0 Å². The van der Waals surface area contributed by atoms with E-state index >= 15 is 0 Å². The summed E-state index contributed by atoms with van der Waals surface area (Å²) in [6.45, 7) is 0. The Morgan fingerprint density at radius 1 is 1.06 bits per heavy atom. The summed E-state index contributed by atoms with van der Waals surface area (Å²) >= 11 is 0. The lowest BCUT2D eigenvalue weighted by Crippen LogP contribution is -1.94. The minimum atomic E-state index is 0.0479. The minimum absolute atomic E-state index is 0.0479. The highest BCUT2D eigenvalue weighted by atomic mass is 16.5. The third-order valence-electron chi connectivity index (χ3n) is 1.96. The molecule has 1 heterocycles. The van der Waals surface area contributed by atoms with Gasteiger partial charge < -0.3 is 4.74 Å². The lowest BCUT2D eigenvalue weighted by molar-refractivity contribution is 0.440. The largest absolute Gasteiger partial charge is 0.423 e. The van der Waals surface area contributed by atoms with Gasteiger partial charge in [0.1, 0.15) is 23.6 Å². The van der Waals surface area contributed by atoms with Crippen molar-refractivity contribution < 1.29 is 4.74 Å². The number of benzene rings is 1. The molecule has 0 aliphatic carbocycles. The van der Waals surface area contributed by atoms with Crippen molar-refractivity contribution in [3.63, 3.8) is 0 Å². The molecule has 2 rings (SSSR count). The van der Waals surface area contributed by atoms with Gasteiger partial charge in [-0.2, -0.15) is 15.5 Å². The van der Waals surface area contributed by atoms with Crippen molar-refractivity contribution in [2.45, 2.75) is 0 Å². The molecule has 1 aromatic carbocycles. The van der Waals surface area contributed by atoms with Gasteiger partial charge in [0, 0.05) is 6.20 Å². The van der Waals surface area contributed by atoms with Crippen LogP contribution < -0.4 is 4.74 Å². The predicted molar refractivity (Wildman–Crippen MR) is 58.0 cm³/mol. The van der Waals surface area contributed by atoms with E-state index in [2.05, 4.69) is 9.97 Å². The van der Waals surface area contributed by atoms with E-state index in [1.807, 2.05) is 12.1 Å². The smallest absolute Gasteiger partial charge is 0.323 e. The molecule has 5 heteroatoms. The van der Waals surface area contributed by atoms with Crippen LogP contribution >= 0.6 is 0 Å². The molecule has 80 valence electrons. The van der Waals surface area contributed by atoms with E-state index in [0.717, 1.165) is 0 Å². The second kappa shape index (κ2) is 4.73. The van der Waals surface area contributed by atoms with Gasteiger partial charge in [0.05, 0.1) is 5.56 Å². The van der Waals surface area contributed by atoms with E-state index in [1.54, 1.807) is 24.3 Å². The molecule has 0 aliphatic rings. The van der Waals surface area contributed by atoms with E-state index in [4.69, 9.17) is 15.3 Å². The second-order valence-electron chi connectivity index (χ2n) is 3.05. The van der Waals surface area contributed by atoms with Gasteiger partial charge in [0.2, 0.25) is 0 Å². The van der Waals surface area contributed by atoms with Crippen LogP contribution in [0.3, 0.4) is 0 Å². The highest BCUT2D eigenvalue weighted by Crippen LogP contribution is 2.21. The normalized spacial score (nSPS) is 9.06. The summed E-state index contributed by atoms with van der Waals surface area (Å²) < 4.78 is 5.35. The standard InChI is InChI=1S/C12H6N4O/c13-7-9-3-1-2-4-11(9)17-12-15-6-5-10(8-14)16-12/h1-6H. The van der Waals surface area contributed by atoms with Gasteiger partial charge in [-0.15, -0.1) is 0 Å². The van der Waals surface area contributed by atoms with Crippen LogP contribution in [0.4, 0.5) is 0 Å². The van der Waals surface area contributed by atoms with E-state index in [0.29, 0.717) is 11.3 Å². The Balaban J connectivity index is 2.32. The topological polar surface area (TPSA) is 82.6 Å². The monoisotopic (exact) mass is 222 g/mol. The Bertz CT molecular complexity index is 625. The molecule has 0 aliphatic heterocycles. The van der Waals surface area contributed by atoms with Crippen molar-refractivity contribution in [1.29, 1.82) is 10.5 Å². The molecule has 0 atom stereocenters. The lowest BCUT2D eigenvalue weighted by atomic mass is 10.2. The maximum Gasteiger partial charge on any atom is 0.323 e. The fraction of sp³-hybridized carbons (Fsp3) is 0. The van der Waals surface area contributed by atoms with Crippen molar-refractivity contribution in [2.24, 2.45) is 0 Å². The molecule has 2 aromatic rings. The Kier molecular flexibility index (Phi) is 2.95. The quantitative estimate of drug-likeness (QED) is 0.776. The van der Waals surface area contributed by atoms with Gasteiger partial charge in [-0.1, -0.05) is 12.1 Å². The van der Waals surface area contributed by atoms with Crippen LogP contribution in [0.2, 0.25) is 0 Å². The first-order valence-corrected chi connectivity index (χ1v) is 4.73. The summed E-state index contributed by atoms with van der Waals surface area (Å²) in [5.41, 5.74) is 0.600. The molecule has 0 fully saturated rings. The third-order valence-corrected chi connectivity index (χ3v) is 1.96. The maximum absolute atomic E-state index is 8.87. The van der Waals surface area contributed by atoms with E-state index in [9.17, 15) is 0 Å². The highest BCUT2D eigenvalue weighted by molar-refractivity contribution is 5.43. The molecule has 0 radical (unpaired) electrons. The average molecular weight is 222 g/mol. The van der Waals surface area contributed by atoms with Gasteiger partial charge in [-0.05, 0) is 18.2 Å². The molecule has 17 heavy (non-hydrogen) atoms. The number of nitriles is 2. The Morgan fingerprint density at radius 2 is 1.88 bits per heavy atom. The predicted octanol–water partition coefficient (Wildman–Crippen LogP) is 2.01. The van der Waals surface area contributed by atoms with Gasteiger partial charge in [0.15, 0.2) is 0 Å². The zero-order chi connectivity index (χ0) is 12.1. The number of rotatable bonds is 2. The molecule has 0 amide bonds. The van der Waals surface area contributed by atoms with Crippen LogP contribution in [0, 0.1) is 22.7 Å². The highest BCUT2D eigenvalue weighted by Gasteiger charge is 2.05. The van der Waals surface area contributed by atoms with Gasteiger partial charge in [-0.25, -0.2) is 4.98 Å². The first-order chi connectivity index (χ1) is 8.33. The summed E-state index contributed by atoms with van der Waals surface area (Å²) in [6, 6.07) is 12.2. The first kappa shape index (κ1) is 10.6. The number of aromatic nitrogens is 2. The van der Waals surface area contributed by atoms with Crippen LogP contribution in [0.5, 0.6) is 11.8 Å². The van der Waals surface area contributed by atoms with E-state index in [1.165, 1.54) is 12.3 Å². The molecule has 5 nitrogen and oxygen atoms in total. The average Bonchev–Trinajstić information content (AvgIpc) is 2.39. The molecule has 0 bridgehead atoms. The summed E-state index contributed by atoms with van der Waals surface area (Å²) in [5.74, 6) is 0.366. The summed E-state index contributed by atoms with van der Waals surface area (Å²) in [7, 11) is 0. The summed E-state index contributed by atoms with van der Waals surface area (Å²) in [6.07, 6.45) is 1.43. The molecule has 1 aromatic heterocycles. The van der Waals surface area contributed by atoms with Crippen molar-refractivity contribution in [2.75, 3.05) is 0 Å². The SMILES string of the molecule is N#Cc1ccnc(Oc2ccccc2C#N)n1. The molecule has 0 N–H and O–H groups in total. The van der Waals surface area contributed by atoms with Gasteiger partial charge in [0.25, 0.3) is 0 Å². The minimum Gasteiger partial charge on any atom is -0.423 e. The first-order valence-electron chi connectivity index (χ1n) is 4.73. The van der Waals surface area contributed by atoms with Crippen LogP contribution in [-0.4, -0.2) is 9.97 Å². The number of nitrogens with zero attached hydrogens (tertiary/aromatic N) is 4.